The van der Waals surface area contributed by atoms with E-state index in [0.29, 0.717) is 12.0 Å². The molecule has 1 aromatic heterocycles. The highest BCUT2D eigenvalue weighted by Gasteiger charge is 2.51. The molecule has 2 saturated heterocycles. The third kappa shape index (κ3) is 2.20. The van der Waals surface area contributed by atoms with Crippen molar-refractivity contribution >= 4 is 10.9 Å². The number of hydrogen-bond acceptors (Lipinski definition) is 3. The van der Waals surface area contributed by atoms with E-state index >= 15 is 0 Å². The van der Waals surface area contributed by atoms with Crippen molar-refractivity contribution in [2.24, 2.45) is 11.8 Å². The topological polar surface area (TPSA) is 48.5 Å². The zero-order valence-corrected chi connectivity index (χ0v) is 15.2. The summed E-state index contributed by atoms with van der Waals surface area (Å²) >= 11 is 0. The van der Waals surface area contributed by atoms with E-state index in [-0.39, 0.29) is 12.6 Å². The van der Waals surface area contributed by atoms with Gasteiger partial charge < -0.3 is 14.8 Å². The number of aliphatic hydroxyl groups is 1. The monoisotopic (exact) mass is 340 g/mol. The zero-order chi connectivity index (χ0) is 17.1. The summed E-state index contributed by atoms with van der Waals surface area (Å²) in [4.78, 5) is 6.44. The number of benzene rings is 1. The standard InChI is InChI=1S/C21H28N2O2/c1-3-13-6-12-7-18-20-17(8-14(11-24)23(10-12)21(13)18)16-9-15(25-2)4-5-19(16)22-20/h4-5,9,12-14,18,21-22,24H,3,6-8,10-11H2,1-2H3. The van der Waals surface area contributed by atoms with Gasteiger partial charge in [-0.15, -0.1) is 0 Å². The normalized spacial score (nSPS) is 36.3. The van der Waals surface area contributed by atoms with E-state index in [0.717, 1.165) is 24.0 Å². The van der Waals surface area contributed by atoms with Crippen molar-refractivity contribution in [1.82, 2.24) is 9.88 Å². The van der Waals surface area contributed by atoms with Crippen molar-refractivity contribution in [3.05, 3.63) is 29.5 Å². The fourth-order valence-electron chi connectivity index (χ4n) is 6.08. The Hall–Kier alpha value is -1.52. The Morgan fingerprint density at radius 1 is 1.32 bits per heavy atom. The zero-order valence-electron chi connectivity index (χ0n) is 15.2. The molecule has 1 aliphatic carbocycles. The van der Waals surface area contributed by atoms with Gasteiger partial charge in [0.05, 0.1) is 13.7 Å². The van der Waals surface area contributed by atoms with Crippen LogP contribution in [0.25, 0.3) is 10.9 Å². The second-order valence-corrected chi connectivity index (χ2v) is 8.27. The van der Waals surface area contributed by atoms with Gasteiger partial charge in [-0.1, -0.05) is 13.3 Å². The van der Waals surface area contributed by atoms with Gasteiger partial charge in [0.15, 0.2) is 0 Å². The van der Waals surface area contributed by atoms with E-state index in [9.17, 15) is 5.11 Å². The van der Waals surface area contributed by atoms with Gasteiger partial charge in [-0.05, 0) is 54.9 Å². The van der Waals surface area contributed by atoms with Gasteiger partial charge in [-0.2, -0.15) is 0 Å². The van der Waals surface area contributed by atoms with Gasteiger partial charge in [-0.25, -0.2) is 0 Å². The number of nitrogens with zero attached hydrogens (tertiary/aromatic N) is 1. The quantitative estimate of drug-likeness (QED) is 0.901. The van der Waals surface area contributed by atoms with Gasteiger partial charge in [0.25, 0.3) is 0 Å². The van der Waals surface area contributed by atoms with E-state index in [1.54, 1.807) is 7.11 Å². The van der Waals surface area contributed by atoms with Crippen LogP contribution in [0.3, 0.4) is 0 Å². The predicted molar refractivity (Wildman–Crippen MR) is 99.2 cm³/mol. The number of aromatic nitrogens is 1. The van der Waals surface area contributed by atoms with Gasteiger partial charge in [0.1, 0.15) is 5.75 Å². The maximum Gasteiger partial charge on any atom is 0.119 e. The van der Waals surface area contributed by atoms with Crippen molar-refractivity contribution in [2.75, 3.05) is 20.3 Å². The molecule has 4 heterocycles. The average molecular weight is 340 g/mol. The predicted octanol–water partition coefficient (Wildman–Crippen LogP) is 3.30. The molecule has 6 unspecified atom stereocenters. The molecule has 6 atom stereocenters. The molecule has 0 radical (unpaired) electrons. The van der Waals surface area contributed by atoms with Crippen LogP contribution in [0.2, 0.25) is 0 Å². The molecule has 1 aromatic carbocycles. The Balaban J connectivity index is 1.70. The van der Waals surface area contributed by atoms with Crippen LogP contribution < -0.4 is 4.74 Å². The molecule has 3 fully saturated rings. The molecule has 3 aliphatic heterocycles. The van der Waals surface area contributed by atoms with Gasteiger partial charge in [0.2, 0.25) is 0 Å². The second kappa shape index (κ2) is 5.75. The molecule has 25 heavy (non-hydrogen) atoms. The van der Waals surface area contributed by atoms with Gasteiger partial charge in [0, 0.05) is 41.1 Å². The molecular formula is C21H28N2O2. The fraction of sp³-hybridized carbons (Fsp3) is 0.619. The van der Waals surface area contributed by atoms with Crippen LogP contribution in [0.1, 0.15) is 43.4 Å². The summed E-state index contributed by atoms with van der Waals surface area (Å²) < 4.78 is 5.46. The van der Waals surface area contributed by atoms with Gasteiger partial charge in [-0.3, -0.25) is 4.90 Å². The summed E-state index contributed by atoms with van der Waals surface area (Å²) in [5.74, 6) is 3.04. The van der Waals surface area contributed by atoms with Crippen LogP contribution in [-0.4, -0.2) is 47.3 Å². The first-order chi connectivity index (χ1) is 12.2. The lowest BCUT2D eigenvalue weighted by molar-refractivity contribution is -0.0512. The summed E-state index contributed by atoms with van der Waals surface area (Å²) in [6.45, 7) is 3.76. The number of rotatable bonds is 3. The number of H-pyrrole nitrogens is 1. The smallest absolute Gasteiger partial charge is 0.119 e. The Morgan fingerprint density at radius 3 is 2.96 bits per heavy atom. The number of methoxy groups -OCH3 is 1. The molecular weight excluding hydrogens is 312 g/mol. The van der Waals surface area contributed by atoms with Crippen LogP contribution >= 0.6 is 0 Å². The summed E-state index contributed by atoms with van der Waals surface area (Å²) in [7, 11) is 1.73. The molecule has 4 bridgehead atoms. The SMILES string of the molecule is CCC1CC2CC3c4[nH]c5ccc(OC)cc5c4CC(CO)N(C2)C13. The molecule has 0 spiro atoms. The maximum atomic E-state index is 10.2. The molecule has 2 aromatic rings. The van der Waals surface area contributed by atoms with Crippen LogP contribution in [0, 0.1) is 11.8 Å². The van der Waals surface area contributed by atoms with E-state index in [2.05, 4.69) is 28.9 Å². The van der Waals surface area contributed by atoms with Crippen LogP contribution in [0.4, 0.5) is 0 Å². The first-order valence-electron chi connectivity index (χ1n) is 9.78. The molecule has 4 aliphatic rings. The molecule has 1 saturated carbocycles. The molecule has 0 amide bonds. The minimum atomic E-state index is 0.246. The van der Waals surface area contributed by atoms with Crippen LogP contribution in [0.15, 0.2) is 18.2 Å². The number of piperidine rings is 2. The summed E-state index contributed by atoms with van der Waals surface area (Å²) in [5, 5.41) is 11.5. The lowest BCUT2D eigenvalue weighted by Gasteiger charge is -2.55. The lowest BCUT2D eigenvalue weighted by atomic mass is 9.65. The minimum Gasteiger partial charge on any atom is -0.497 e. The van der Waals surface area contributed by atoms with Crippen molar-refractivity contribution in [3.8, 4) is 5.75 Å². The average Bonchev–Trinajstić information content (AvgIpc) is 2.98. The van der Waals surface area contributed by atoms with Gasteiger partial charge >= 0.3 is 0 Å². The number of hydrogen-bond donors (Lipinski definition) is 2. The number of aliphatic hydroxyl groups excluding tert-OH is 1. The van der Waals surface area contributed by atoms with Crippen molar-refractivity contribution in [2.45, 2.75) is 50.6 Å². The largest absolute Gasteiger partial charge is 0.497 e. The highest BCUT2D eigenvalue weighted by molar-refractivity contribution is 5.86. The number of aromatic amines is 1. The highest BCUT2D eigenvalue weighted by Crippen LogP contribution is 2.52. The van der Waals surface area contributed by atoms with E-state index in [4.69, 9.17) is 4.74 Å². The molecule has 4 heteroatoms. The molecule has 134 valence electrons. The number of ether oxygens (including phenoxy) is 1. The van der Waals surface area contributed by atoms with Crippen molar-refractivity contribution in [1.29, 1.82) is 0 Å². The number of fused-ring (bicyclic) bond motifs is 4. The first kappa shape index (κ1) is 15.7. The fourth-order valence-corrected chi connectivity index (χ4v) is 6.08. The third-order valence-electron chi connectivity index (χ3n) is 7.13. The van der Waals surface area contributed by atoms with E-state index < -0.39 is 0 Å². The van der Waals surface area contributed by atoms with E-state index in [1.807, 2.05) is 6.07 Å². The number of nitrogens with one attached hydrogen (secondary N) is 1. The van der Waals surface area contributed by atoms with Crippen LogP contribution in [-0.2, 0) is 6.42 Å². The summed E-state index contributed by atoms with van der Waals surface area (Å²) in [6.07, 6.45) is 4.85. The molecule has 2 N–H and O–H groups in total. The summed E-state index contributed by atoms with van der Waals surface area (Å²) in [6, 6.07) is 7.18. The van der Waals surface area contributed by atoms with Crippen molar-refractivity contribution in [3.63, 3.8) is 0 Å². The Kier molecular flexibility index (Phi) is 3.61. The summed E-state index contributed by atoms with van der Waals surface area (Å²) in [5.41, 5.74) is 4.07. The highest BCUT2D eigenvalue weighted by atomic mass is 16.5. The Morgan fingerprint density at radius 2 is 2.20 bits per heavy atom. The lowest BCUT2D eigenvalue weighted by Crippen LogP contribution is -2.59. The van der Waals surface area contributed by atoms with Crippen LogP contribution in [0.5, 0.6) is 5.75 Å². The van der Waals surface area contributed by atoms with Crippen molar-refractivity contribution < 1.29 is 9.84 Å². The molecule has 4 nitrogen and oxygen atoms in total. The Labute approximate surface area is 149 Å². The minimum absolute atomic E-state index is 0.246. The third-order valence-corrected chi connectivity index (χ3v) is 7.13. The van der Waals surface area contributed by atoms with E-state index in [1.165, 1.54) is 48.0 Å². The maximum absolute atomic E-state index is 10.2. The second-order valence-electron chi connectivity index (χ2n) is 8.27. The first-order valence-corrected chi connectivity index (χ1v) is 9.78. The Bertz CT molecular complexity index is 799. The molecule has 6 rings (SSSR count).